The van der Waals surface area contributed by atoms with Crippen LogP contribution in [-0.4, -0.2) is 11.2 Å². The lowest BCUT2D eigenvalue weighted by molar-refractivity contribution is 0.0944. The van der Waals surface area contributed by atoms with Crippen LogP contribution in [0.4, 0.5) is 0 Å². The normalized spacial score (nSPS) is 18.0. The van der Waals surface area contributed by atoms with E-state index in [1.165, 1.54) is 6.42 Å². The Balaban J connectivity index is 4.22. The zero-order valence-corrected chi connectivity index (χ0v) is 11.0. The molecule has 86 valence electrons. The van der Waals surface area contributed by atoms with Crippen molar-refractivity contribution in [2.24, 2.45) is 16.7 Å². The van der Waals surface area contributed by atoms with E-state index in [2.05, 4.69) is 41.5 Å². The van der Waals surface area contributed by atoms with Gasteiger partial charge in [-0.05, 0) is 36.5 Å². The van der Waals surface area contributed by atoms with Gasteiger partial charge in [-0.2, -0.15) is 0 Å². The van der Waals surface area contributed by atoms with Crippen LogP contribution < -0.4 is 0 Å². The Hall–Kier alpha value is -0.0400. The second-order valence-corrected chi connectivity index (χ2v) is 6.69. The zero-order valence-electron chi connectivity index (χ0n) is 11.0. The van der Waals surface area contributed by atoms with Gasteiger partial charge in [-0.3, -0.25) is 0 Å². The molecule has 14 heavy (non-hydrogen) atoms. The van der Waals surface area contributed by atoms with E-state index < -0.39 is 0 Å². The van der Waals surface area contributed by atoms with Crippen LogP contribution in [0, 0.1) is 16.7 Å². The van der Waals surface area contributed by atoms with E-state index in [0.717, 1.165) is 6.42 Å². The molecule has 0 fully saturated rings. The summed E-state index contributed by atoms with van der Waals surface area (Å²) in [6.45, 7) is 15.6. The first kappa shape index (κ1) is 14.0. The fourth-order valence-electron chi connectivity index (χ4n) is 2.02. The van der Waals surface area contributed by atoms with Crippen molar-refractivity contribution in [2.45, 2.75) is 67.4 Å². The Kier molecular flexibility index (Phi) is 4.64. The minimum atomic E-state index is -0.183. The molecule has 0 rings (SSSR count). The van der Waals surface area contributed by atoms with Gasteiger partial charge >= 0.3 is 0 Å². The quantitative estimate of drug-likeness (QED) is 0.730. The second-order valence-electron chi connectivity index (χ2n) is 6.69. The molecule has 0 spiro atoms. The van der Waals surface area contributed by atoms with Gasteiger partial charge in [-0.15, -0.1) is 0 Å². The molecule has 0 bridgehead atoms. The molecule has 0 heterocycles. The third-order valence-corrected chi connectivity index (χ3v) is 3.19. The summed E-state index contributed by atoms with van der Waals surface area (Å²) < 4.78 is 0. The van der Waals surface area contributed by atoms with Gasteiger partial charge in [0, 0.05) is 0 Å². The highest BCUT2D eigenvalue weighted by Gasteiger charge is 2.28. The maximum Gasteiger partial charge on any atom is 0.0517 e. The van der Waals surface area contributed by atoms with Crippen molar-refractivity contribution < 1.29 is 5.11 Å². The largest absolute Gasteiger partial charge is 0.393 e. The Bertz CT molecular complexity index is 163. The number of rotatable bonds is 4. The molecule has 0 aromatic heterocycles. The smallest absolute Gasteiger partial charge is 0.0517 e. The number of hydrogen-bond acceptors (Lipinski definition) is 1. The molecule has 1 heteroatoms. The Morgan fingerprint density at radius 1 is 0.929 bits per heavy atom. The molecule has 2 unspecified atom stereocenters. The molecular weight excluding hydrogens is 172 g/mol. The fourth-order valence-corrected chi connectivity index (χ4v) is 2.02. The van der Waals surface area contributed by atoms with Crippen LogP contribution in [0.25, 0.3) is 0 Å². The van der Waals surface area contributed by atoms with Crippen LogP contribution in [0.3, 0.4) is 0 Å². The van der Waals surface area contributed by atoms with Gasteiger partial charge in [0.15, 0.2) is 0 Å². The van der Waals surface area contributed by atoms with E-state index in [0.29, 0.717) is 11.3 Å². The predicted octanol–water partition coefficient (Wildman–Crippen LogP) is 3.86. The van der Waals surface area contributed by atoms with Crippen molar-refractivity contribution in [1.29, 1.82) is 0 Å². The van der Waals surface area contributed by atoms with Crippen molar-refractivity contribution in [3.8, 4) is 0 Å². The molecule has 0 amide bonds. The van der Waals surface area contributed by atoms with Crippen LogP contribution in [0.2, 0.25) is 0 Å². The van der Waals surface area contributed by atoms with Crippen molar-refractivity contribution in [1.82, 2.24) is 0 Å². The van der Waals surface area contributed by atoms with E-state index >= 15 is 0 Å². The first-order valence-corrected chi connectivity index (χ1v) is 5.73. The highest BCUT2D eigenvalue weighted by molar-refractivity contribution is 4.79. The molecule has 0 aromatic carbocycles. The summed E-state index contributed by atoms with van der Waals surface area (Å²) in [5, 5.41) is 9.40. The van der Waals surface area contributed by atoms with Crippen molar-refractivity contribution >= 4 is 0 Å². The maximum atomic E-state index is 9.40. The third-order valence-electron chi connectivity index (χ3n) is 3.19. The van der Waals surface area contributed by atoms with Gasteiger partial charge in [0.1, 0.15) is 0 Å². The minimum absolute atomic E-state index is 0.183. The van der Waals surface area contributed by atoms with E-state index in [1.807, 2.05) is 6.92 Å². The highest BCUT2D eigenvalue weighted by atomic mass is 16.3. The first-order chi connectivity index (χ1) is 6.04. The van der Waals surface area contributed by atoms with Gasteiger partial charge in [-0.1, -0.05) is 41.5 Å². The number of aliphatic hydroxyl groups is 1. The SMILES string of the molecule is CC(O)CC(C)(C)CC(C)C(C)(C)C. The van der Waals surface area contributed by atoms with Gasteiger partial charge in [0.05, 0.1) is 6.10 Å². The van der Waals surface area contributed by atoms with Crippen molar-refractivity contribution in [2.75, 3.05) is 0 Å². The van der Waals surface area contributed by atoms with Crippen LogP contribution in [0.15, 0.2) is 0 Å². The van der Waals surface area contributed by atoms with Crippen LogP contribution >= 0.6 is 0 Å². The average Bonchev–Trinajstić information content (AvgIpc) is 1.79. The standard InChI is InChI=1S/C13H28O/c1-10(12(3,4)5)8-13(6,7)9-11(2)14/h10-11,14H,8-9H2,1-7H3. The molecule has 0 aliphatic rings. The van der Waals surface area contributed by atoms with Crippen LogP contribution in [0.1, 0.15) is 61.3 Å². The van der Waals surface area contributed by atoms with Gasteiger partial charge in [0.2, 0.25) is 0 Å². The summed E-state index contributed by atoms with van der Waals surface area (Å²) in [6, 6.07) is 0. The lowest BCUT2D eigenvalue weighted by atomic mass is 9.71. The number of aliphatic hydroxyl groups excluding tert-OH is 1. The molecule has 0 radical (unpaired) electrons. The zero-order chi connectivity index (χ0) is 11.6. The Morgan fingerprint density at radius 2 is 1.36 bits per heavy atom. The van der Waals surface area contributed by atoms with Gasteiger partial charge < -0.3 is 5.11 Å². The average molecular weight is 200 g/mol. The second kappa shape index (κ2) is 4.65. The third kappa shape index (κ3) is 5.64. The summed E-state index contributed by atoms with van der Waals surface area (Å²) in [5.41, 5.74) is 0.622. The fraction of sp³-hybridized carbons (Fsp3) is 1.00. The van der Waals surface area contributed by atoms with Crippen LogP contribution in [-0.2, 0) is 0 Å². The van der Waals surface area contributed by atoms with Crippen molar-refractivity contribution in [3.05, 3.63) is 0 Å². The van der Waals surface area contributed by atoms with Crippen LogP contribution in [0.5, 0.6) is 0 Å². The molecule has 2 atom stereocenters. The minimum Gasteiger partial charge on any atom is -0.393 e. The maximum absolute atomic E-state index is 9.40. The summed E-state index contributed by atoms with van der Waals surface area (Å²) in [6.07, 6.45) is 1.90. The van der Waals surface area contributed by atoms with E-state index in [4.69, 9.17) is 0 Å². The summed E-state index contributed by atoms with van der Waals surface area (Å²) in [4.78, 5) is 0. The molecule has 0 saturated carbocycles. The molecule has 0 aliphatic heterocycles. The van der Waals surface area contributed by atoms with Crippen molar-refractivity contribution in [3.63, 3.8) is 0 Å². The van der Waals surface area contributed by atoms with E-state index in [9.17, 15) is 5.11 Å². The Labute approximate surface area is 89.9 Å². The predicted molar refractivity (Wildman–Crippen MR) is 63.3 cm³/mol. The van der Waals surface area contributed by atoms with E-state index in [1.54, 1.807) is 0 Å². The molecule has 0 aliphatic carbocycles. The first-order valence-electron chi connectivity index (χ1n) is 5.73. The van der Waals surface area contributed by atoms with Gasteiger partial charge in [-0.25, -0.2) is 0 Å². The number of hydrogen-bond donors (Lipinski definition) is 1. The molecular formula is C13H28O. The van der Waals surface area contributed by atoms with E-state index in [-0.39, 0.29) is 11.5 Å². The lowest BCUT2D eigenvalue weighted by Gasteiger charge is -2.35. The Morgan fingerprint density at radius 3 is 1.64 bits per heavy atom. The lowest BCUT2D eigenvalue weighted by Crippen LogP contribution is -2.27. The molecule has 0 saturated heterocycles. The highest BCUT2D eigenvalue weighted by Crippen LogP contribution is 2.38. The summed E-state index contributed by atoms with van der Waals surface area (Å²) in [5.74, 6) is 0.691. The van der Waals surface area contributed by atoms with Gasteiger partial charge in [0.25, 0.3) is 0 Å². The summed E-state index contributed by atoms with van der Waals surface area (Å²) >= 11 is 0. The molecule has 1 nitrogen and oxygen atoms in total. The topological polar surface area (TPSA) is 20.2 Å². The molecule has 1 N–H and O–H groups in total. The molecule has 0 aromatic rings. The monoisotopic (exact) mass is 200 g/mol. The summed E-state index contributed by atoms with van der Waals surface area (Å²) in [7, 11) is 0.